The Labute approximate surface area is 152 Å². The summed E-state index contributed by atoms with van der Waals surface area (Å²) in [5.41, 5.74) is -0.502. The fourth-order valence-electron chi connectivity index (χ4n) is 2.96. The SMILES string of the molecule is O=C(c1cc(C(F)(F)F)ccc1Cl)N1C[C@@H](Cc2cnccn2)[C@H](O)C1. The fraction of sp³-hybridized carbons (Fsp3) is 0.353. The lowest BCUT2D eigenvalue weighted by Gasteiger charge is -2.18. The zero-order chi connectivity index (χ0) is 18.9. The van der Waals surface area contributed by atoms with Gasteiger partial charge in [0, 0.05) is 37.6 Å². The number of amides is 1. The summed E-state index contributed by atoms with van der Waals surface area (Å²) < 4.78 is 38.7. The molecule has 0 unspecified atom stereocenters. The van der Waals surface area contributed by atoms with Crippen LogP contribution in [0.25, 0.3) is 0 Å². The summed E-state index contributed by atoms with van der Waals surface area (Å²) in [4.78, 5) is 22.0. The molecule has 1 fully saturated rings. The molecule has 2 aromatic rings. The van der Waals surface area contributed by atoms with Gasteiger partial charge in [0.25, 0.3) is 5.91 Å². The summed E-state index contributed by atoms with van der Waals surface area (Å²) in [6.07, 6.45) is -0.332. The maximum absolute atomic E-state index is 12.9. The summed E-state index contributed by atoms with van der Waals surface area (Å²) in [5.74, 6) is -0.915. The van der Waals surface area contributed by atoms with Crippen LogP contribution in [0.3, 0.4) is 0 Å². The van der Waals surface area contributed by atoms with Crippen LogP contribution in [0.5, 0.6) is 0 Å². The highest BCUT2D eigenvalue weighted by molar-refractivity contribution is 6.33. The van der Waals surface area contributed by atoms with Gasteiger partial charge >= 0.3 is 6.18 Å². The maximum Gasteiger partial charge on any atom is 0.416 e. The first-order valence-corrected chi connectivity index (χ1v) is 8.22. The molecule has 1 N–H and O–H groups in total. The Kier molecular flexibility index (Phi) is 5.15. The van der Waals surface area contributed by atoms with Gasteiger partial charge < -0.3 is 10.0 Å². The summed E-state index contributed by atoms with van der Waals surface area (Å²) in [6.45, 7) is 0.222. The summed E-state index contributed by atoms with van der Waals surface area (Å²) in [5, 5.41) is 10.2. The van der Waals surface area contributed by atoms with E-state index in [0.29, 0.717) is 12.1 Å². The van der Waals surface area contributed by atoms with Crippen molar-refractivity contribution in [3.63, 3.8) is 0 Å². The number of carbonyl (C=O) groups excluding carboxylic acids is 1. The van der Waals surface area contributed by atoms with Crippen molar-refractivity contribution in [2.75, 3.05) is 13.1 Å². The Morgan fingerprint density at radius 1 is 1.31 bits per heavy atom. The van der Waals surface area contributed by atoms with Crippen LogP contribution in [0.2, 0.25) is 5.02 Å². The van der Waals surface area contributed by atoms with Gasteiger partial charge in [0.15, 0.2) is 0 Å². The number of nitrogens with zero attached hydrogens (tertiary/aromatic N) is 3. The van der Waals surface area contributed by atoms with Crippen LogP contribution in [0.15, 0.2) is 36.8 Å². The quantitative estimate of drug-likeness (QED) is 0.882. The van der Waals surface area contributed by atoms with Crippen LogP contribution in [0.1, 0.15) is 21.6 Å². The Bertz CT molecular complexity index is 802. The number of halogens is 4. The molecule has 1 amide bonds. The van der Waals surface area contributed by atoms with Crippen LogP contribution in [-0.2, 0) is 12.6 Å². The van der Waals surface area contributed by atoms with Gasteiger partial charge in [-0.05, 0) is 24.6 Å². The number of aliphatic hydroxyl groups is 1. The van der Waals surface area contributed by atoms with Crippen LogP contribution in [-0.4, -0.2) is 45.1 Å². The standard InChI is InChI=1S/C17H15ClF3N3O2/c18-14-2-1-11(17(19,20)21)6-13(14)16(26)24-8-10(15(25)9-24)5-12-7-22-3-4-23-12/h1-4,6-7,10,15,25H,5,8-9H2/t10-,15-/m1/s1. The molecule has 0 aliphatic carbocycles. The first-order chi connectivity index (χ1) is 12.3. The highest BCUT2D eigenvalue weighted by Crippen LogP contribution is 2.33. The largest absolute Gasteiger partial charge is 0.416 e. The number of aliphatic hydroxyl groups excluding tert-OH is 1. The number of alkyl halides is 3. The molecule has 1 aliphatic heterocycles. The molecule has 9 heteroatoms. The number of aromatic nitrogens is 2. The van der Waals surface area contributed by atoms with Crippen LogP contribution in [0.4, 0.5) is 13.2 Å². The third kappa shape index (κ3) is 3.96. The van der Waals surface area contributed by atoms with Crippen molar-refractivity contribution in [2.24, 2.45) is 5.92 Å². The topological polar surface area (TPSA) is 66.3 Å². The number of carbonyl (C=O) groups is 1. The van der Waals surface area contributed by atoms with Crippen molar-refractivity contribution in [3.8, 4) is 0 Å². The third-order valence-electron chi connectivity index (χ3n) is 4.31. The minimum absolute atomic E-state index is 0.0241. The van der Waals surface area contributed by atoms with Gasteiger partial charge in [-0.15, -0.1) is 0 Å². The number of hydrogen-bond acceptors (Lipinski definition) is 4. The molecule has 26 heavy (non-hydrogen) atoms. The van der Waals surface area contributed by atoms with Gasteiger partial charge in [-0.3, -0.25) is 14.8 Å². The smallest absolute Gasteiger partial charge is 0.391 e. The third-order valence-corrected chi connectivity index (χ3v) is 4.64. The van der Waals surface area contributed by atoms with Gasteiger partial charge in [-0.2, -0.15) is 13.2 Å². The molecule has 1 aliphatic rings. The molecule has 5 nitrogen and oxygen atoms in total. The lowest BCUT2D eigenvalue weighted by Crippen LogP contribution is -2.30. The molecule has 1 aromatic heterocycles. The molecular formula is C17H15ClF3N3O2. The molecule has 3 rings (SSSR count). The van der Waals surface area contributed by atoms with Gasteiger partial charge in [0.05, 0.1) is 27.9 Å². The van der Waals surface area contributed by atoms with E-state index >= 15 is 0 Å². The number of hydrogen-bond donors (Lipinski definition) is 1. The van der Waals surface area contributed by atoms with Crippen molar-refractivity contribution < 1.29 is 23.1 Å². The summed E-state index contributed by atoms with van der Waals surface area (Å²) in [6, 6.07) is 2.63. The second kappa shape index (κ2) is 7.20. The van der Waals surface area contributed by atoms with Gasteiger partial charge in [0.1, 0.15) is 0 Å². The molecule has 0 saturated carbocycles. The Balaban J connectivity index is 1.77. The minimum atomic E-state index is -4.57. The lowest BCUT2D eigenvalue weighted by molar-refractivity contribution is -0.137. The molecule has 1 saturated heterocycles. The fourth-order valence-corrected chi connectivity index (χ4v) is 3.16. The molecule has 138 valence electrons. The lowest BCUT2D eigenvalue weighted by atomic mass is 10.0. The minimum Gasteiger partial charge on any atom is -0.391 e. The molecule has 0 radical (unpaired) electrons. The highest BCUT2D eigenvalue weighted by atomic mass is 35.5. The summed E-state index contributed by atoms with van der Waals surface area (Å²) in [7, 11) is 0. The van der Waals surface area contributed by atoms with Crippen molar-refractivity contribution in [3.05, 3.63) is 58.6 Å². The number of rotatable bonds is 3. The van der Waals surface area contributed by atoms with E-state index in [1.54, 1.807) is 6.20 Å². The van der Waals surface area contributed by atoms with Crippen LogP contribution >= 0.6 is 11.6 Å². The van der Waals surface area contributed by atoms with Crippen molar-refractivity contribution in [1.29, 1.82) is 0 Å². The van der Waals surface area contributed by atoms with Gasteiger partial charge in [0.2, 0.25) is 0 Å². The normalized spacial score (nSPS) is 20.4. The molecule has 2 atom stereocenters. The Morgan fingerprint density at radius 2 is 2.08 bits per heavy atom. The zero-order valence-electron chi connectivity index (χ0n) is 13.4. The van der Waals surface area contributed by atoms with E-state index in [0.717, 1.165) is 18.2 Å². The van der Waals surface area contributed by atoms with E-state index in [-0.39, 0.29) is 29.6 Å². The number of likely N-dealkylation sites (tertiary alicyclic amines) is 1. The van der Waals surface area contributed by atoms with Crippen LogP contribution < -0.4 is 0 Å². The number of benzene rings is 1. The maximum atomic E-state index is 12.9. The van der Waals surface area contributed by atoms with Gasteiger partial charge in [-0.1, -0.05) is 11.6 Å². The first-order valence-electron chi connectivity index (χ1n) is 7.84. The van der Waals surface area contributed by atoms with Crippen molar-refractivity contribution in [2.45, 2.75) is 18.7 Å². The first kappa shape index (κ1) is 18.6. The molecular weight excluding hydrogens is 371 g/mol. The predicted octanol–water partition coefficient (Wildman–Crippen LogP) is 2.82. The summed E-state index contributed by atoms with van der Waals surface area (Å²) >= 11 is 5.93. The van der Waals surface area contributed by atoms with E-state index in [1.165, 1.54) is 17.3 Å². The van der Waals surface area contributed by atoms with Crippen molar-refractivity contribution >= 4 is 17.5 Å². The van der Waals surface area contributed by atoms with E-state index in [1.807, 2.05) is 0 Å². The van der Waals surface area contributed by atoms with E-state index in [2.05, 4.69) is 9.97 Å². The van der Waals surface area contributed by atoms with E-state index in [9.17, 15) is 23.1 Å². The Hall–Kier alpha value is -2.19. The monoisotopic (exact) mass is 385 g/mol. The number of β-amino-alcohol motifs (C(OH)–C–C–N with tert-alkyl or cyclic N) is 1. The predicted molar refractivity (Wildman–Crippen MR) is 87.6 cm³/mol. The van der Waals surface area contributed by atoms with E-state index < -0.39 is 23.8 Å². The molecule has 0 bridgehead atoms. The second-order valence-corrected chi connectivity index (χ2v) is 6.54. The average molecular weight is 386 g/mol. The molecule has 0 spiro atoms. The highest BCUT2D eigenvalue weighted by Gasteiger charge is 2.37. The average Bonchev–Trinajstić information content (AvgIpc) is 2.95. The van der Waals surface area contributed by atoms with E-state index in [4.69, 9.17) is 11.6 Å². The second-order valence-electron chi connectivity index (χ2n) is 6.13. The molecule has 1 aromatic carbocycles. The van der Waals surface area contributed by atoms with Crippen molar-refractivity contribution in [1.82, 2.24) is 14.9 Å². The Morgan fingerprint density at radius 3 is 2.73 bits per heavy atom. The van der Waals surface area contributed by atoms with Crippen LogP contribution in [0, 0.1) is 5.92 Å². The zero-order valence-corrected chi connectivity index (χ0v) is 14.2. The molecule has 2 heterocycles. The van der Waals surface area contributed by atoms with Gasteiger partial charge in [-0.25, -0.2) is 0 Å².